The van der Waals surface area contributed by atoms with Crippen molar-refractivity contribution in [2.75, 3.05) is 6.79 Å². The van der Waals surface area contributed by atoms with Crippen LogP contribution in [0.15, 0.2) is 30.0 Å². The molecule has 0 spiro atoms. The summed E-state index contributed by atoms with van der Waals surface area (Å²) in [6, 6.07) is 6.11. The molecular formula is C15H16O4. The van der Waals surface area contributed by atoms with Crippen molar-refractivity contribution in [3.05, 3.63) is 35.6 Å². The minimum Gasteiger partial charge on any atom is -0.454 e. The molecule has 1 aromatic rings. The Labute approximate surface area is 112 Å². The molecule has 1 unspecified atom stereocenters. The van der Waals surface area contributed by atoms with E-state index in [1.165, 1.54) is 18.1 Å². The lowest BCUT2D eigenvalue weighted by Crippen LogP contribution is -1.94. The van der Waals surface area contributed by atoms with Crippen molar-refractivity contribution in [2.24, 2.45) is 0 Å². The molecule has 4 nitrogen and oxygen atoms in total. The number of benzene rings is 1. The summed E-state index contributed by atoms with van der Waals surface area (Å²) in [7, 11) is 0. The smallest absolute Gasteiger partial charge is 0.307 e. The molecule has 0 bridgehead atoms. The first-order valence-corrected chi connectivity index (χ1v) is 6.47. The number of ether oxygens (including phenoxy) is 3. The highest BCUT2D eigenvalue weighted by Gasteiger charge is 2.23. The van der Waals surface area contributed by atoms with Gasteiger partial charge in [-0.05, 0) is 48.4 Å². The van der Waals surface area contributed by atoms with Crippen LogP contribution in [0.3, 0.4) is 0 Å². The van der Waals surface area contributed by atoms with Crippen LogP contribution in [0.2, 0.25) is 0 Å². The van der Waals surface area contributed by atoms with E-state index in [2.05, 4.69) is 12.1 Å². The fraction of sp³-hybridized carbons (Fsp3) is 0.400. The predicted octanol–water partition coefficient (Wildman–Crippen LogP) is 3.13. The first-order chi connectivity index (χ1) is 9.22. The average Bonchev–Trinajstić information content (AvgIpc) is 3.04. The fourth-order valence-electron chi connectivity index (χ4n) is 2.61. The number of fused-ring (bicyclic) bond motifs is 1. The van der Waals surface area contributed by atoms with Crippen LogP contribution in [0.4, 0.5) is 0 Å². The third-order valence-corrected chi connectivity index (χ3v) is 3.58. The van der Waals surface area contributed by atoms with Crippen molar-refractivity contribution in [3.63, 3.8) is 0 Å². The van der Waals surface area contributed by atoms with E-state index in [9.17, 15) is 4.79 Å². The Morgan fingerprint density at radius 2 is 2.21 bits per heavy atom. The maximum absolute atomic E-state index is 10.8. The summed E-state index contributed by atoms with van der Waals surface area (Å²) in [5, 5.41) is 0. The summed E-state index contributed by atoms with van der Waals surface area (Å²) >= 11 is 0. The first kappa shape index (κ1) is 12.1. The lowest BCUT2D eigenvalue weighted by Gasteiger charge is -2.09. The van der Waals surface area contributed by atoms with Gasteiger partial charge in [0.25, 0.3) is 0 Å². The molecule has 0 saturated heterocycles. The van der Waals surface area contributed by atoms with Crippen molar-refractivity contribution in [3.8, 4) is 11.5 Å². The van der Waals surface area contributed by atoms with E-state index in [0.29, 0.717) is 12.7 Å². The van der Waals surface area contributed by atoms with Crippen molar-refractivity contribution in [1.82, 2.24) is 0 Å². The molecule has 0 amide bonds. The highest BCUT2D eigenvalue weighted by Crippen LogP contribution is 2.41. The number of carbonyl (C=O) groups excluding carboxylic acids is 1. The molecular weight excluding hydrogens is 244 g/mol. The SMILES string of the molecule is CC(=O)OC=C1CCC(c2ccc3c(c2)OCO3)C1. The monoisotopic (exact) mass is 260 g/mol. The second-order valence-electron chi connectivity index (χ2n) is 4.94. The third-order valence-electron chi connectivity index (χ3n) is 3.58. The standard InChI is InChI=1S/C15H16O4/c1-10(16)17-8-11-2-3-12(6-11)13-4-5-14-15(7-13)19-9-18-14/h4-5,7-8,12H,2-3,6,9H2,1H3. The summed E-state index contributed by atoms with van der Waals surface area (Å²) in [5.41, 5.74) is 2.45. The van der Waals surface area contributed by atoms with Gasteiger partial charge in [0, 0.05) is 6.92 Å². The van der Waals surface area contributed by atoms with Gasteiger partial charge in [-0.15, -0.1) is 0 Å². The van der Waals surface area contributed by atoms with E-state index < -0.39 is 0 Å². The molecule has 2 aliphatic rings. The largest absolute Gasteiger partial charge is 0.454 e. The number of hydrogen-bond acceptors (Lipinski definition) is 4. The fourth-order valence-corrected chi connectivity index (χ4v) is 2.61. The summed E-state index contributed by atoms with van der Waals surface area (Å²) < 4.78 is 15.6. The summed E-state index contributed by atoms with van der Waals surface area (Å²) in [6.45, 7) is 1.72. The quantitative estimate of drug-likeness (QED) is 0.605. The van der Waals surface area contributed by atoms with E-state index in [4.69, 9.17) is 14.2 Å². The summed E-state index contributed by atoms with van der Waals surface area (Å²) in [5.74, 6) is 1.85. The van der Waals surface area contributed by atoms with E-state index in [-0.39, 0.29) is 5.97 Å². The average molecular weight is 260 g/mol. The van der Waals surface area contributed by atoms with Crippen LogP contribution < -0.4 is 9.47 Å². The number of esters is 1. The predicted molar refractivity (Wildman–Crippen MR) is 69.0 cm³/mol. The van der Waals surface area contributed by atoms with Crippen molar-refractivity contribution >= 4 is 5.97 Å². The topological polar surface area (TPSA) is 44.8 Å². The molecule has 1 heterocycles. The van der Waals surface area contributed by atoms with Gasteiger partial charge in [-0.25, -0.2) is 0 Å². The van der Waals surface area contributed by atoms with Crippen LogP contribution in [0.1, 0.15) is 37.7 Å². The minimum absolute atomic E-state index is 0.265. The number of allylic oxidation sites excluding steroid dienone is 1. The van der Waals surface area contributed by atoms with E-state index in [1.807, 2.05) is 6.07 Å². The van der Waals surface area contributed by atoms with Gasteiger partial charge in [0.05, 0.1) is 6.26 Å². The van der Waals surface area contributed by atoms with Crippen LogP contribution >= 0.6 is 0 Å². The number of rotatable bonds is 2. The van der Waals surface area contributed by atoms with Crippen LogP contribution in [-0.4, -0.2) is 12.8 Å². The van der Waals surface area contributed by atoms with Gasteiger partial charge in [-0.2, -0.15) is 0 Å². The molecule has 4 heteroatoms. The Hall–Kier alpha value is -1.97. The van der Waals surface area contributed by atoms with Crippen molar-refractivity contribution in [2.45, 2.75) is 32.1 Å². The van der Waals surface area contributed by atoms with Crippen LogP contribution in [0, 0.1) is 0 Å². The Kier molecular flexibility index (Phi) is 3.15. The van der Waals surface area contributed by atoms with Crippen molar-refractivity contribution in [1.29, 1.82) is 0 Å². The lowest BCUT2D eigenvalue weighted by atomic mass is 9.97. The highest BCUT2D eigenvalue weighted by atomic mass is 16.7. The molecule has 0 radical (unpaired) electrons. The Morgan fingerprint density at radius 1 is 1.37 bits per heavy atom. The summed E-state index contributed by atoms with van der Waals surface area (Å²) in [4.78, 5) is 10.8. The van der Waals surface area contributed by atoms with Gasteiger partial charge in [0.2, 0.25) is 6.79 Å². The van der Waals surface area contributed by atoms with Gasteiger partial charge >= 0.3 is 5.97 Å². The minimum atomic E-state index is -0.265. The van der Waals surface area contributed by atoms with E-state index in [0.717, 1.165) is 30.8 Å². The van der Waals surface area contributed by atoms with Gasteiger partial charge in [0.1, 0.15) is 0 Å². The van der Waals surface area contributed by atoms with Crippen molar-refractivity contribution < 1.29 is 19.0 Å². The molecule has 100 valence electrons. The molecule has 0 N–H and O–H groups in total. The van der Waals surface area contributed by atoms with Crippen LogP contribution in [0.5, 0.6) is 11.5 Å². The lowest BCUT2D eigenvalue weighted by molar-refractivity contribution is -0.135. The maximum Gasteiger partial charge on any atom is 0.307 e. The van der Waals surface area contributed by atoms with E-state index >= 15 is 0 Å². The molecule has 0 aromatic heterocycles. The molecule has 19 heavy (non-hydrogen) atoms. The molecule has 1 atom stereocenters. The summed E-state index contributed by atoms with van der Waals surface area (Å²) in [6.07, 6.45) is 4.60. The van der Waals surface area contributed by atoms with E-state index in [1.54, 1.807) is 6.26 Å². The molecule has 1 saturated carbocycles. The zero-order chi connectivity index (χ0) is 13.2. The molecule has 3 rings (SSSR count). The molecule has 1 fully saturated rings. The third kappa shape index (κ3) is 2.57. The second kappa shape index (κ2) is 4.96. The van der Waals surface area contributed by atoms with Crippen LogP contribution in [0.25, 0.3) is 0 Å². The molecule has 1 aromatic carbocycles. The Bertz CT molecular complexity index is 533. The second-order valence-corrected chi connectivity index (χ2v) is 4.94. The number of carbonyl (C=O) groups is 1. The zero-order valence-electron chi connectivity index (χ0n) is 10.8. The van der Waals surface area contributed by atoms with Gasteiger partial charge in [-0.1, -0.05) is 6.07 Å². The Morgan fingerprint density at radius 3 is 3.05 bits per heavy atom. The van der Waals surface area contributed by atoms with Gasteiger partial charge in [0.15, 0.2) is 11.5 Å². The zero-order valence-corrected chi connectivity index (χ0v) is 10.8. The molecule has 1 aliphatic carbocycles. The molecule has 1 aliphatic heterocycles. The van der Waals surface area contributed by atoms with Gasteiger partial charge < -0.3 is 14.2 Å². The Balaban J connectivity index is 1.71. The first-order valence-electron chi connectivity index (χ1n) is 6.47. The maximum atomic E-state index is 10.8. The number of hydrogen-bond donors (Lipinski definition) is 0. The normalized spacial score (nSPS) is 22.8. The van der Waals surface area contributed by atoms with Gasteiger partial charge in [-0.3, -0.25) is 4.79 Å². The highest BCUT2D eigenvalue weighted by molar-refractivity contribution is 5.66. The van der Waals surface area contributed by atoms with Crippen LogP contribution in [-0.2, 0) is 9.53 Å².